The van der Waals surface area contributed by atoms with Crippen molar-refractivity contribution in [3.8, 4) is 11.3 Å². The van der Waals surface area contributed by atoms with Crippen LogP contribution in [0.25, 0.3) is 11.3 Å². The van der Waals surface area contributed by atoms with Gasteiger partial charge in [-0.1, -0.05) is 6.07 Å². The van der Waals surface area contributed by atoms with Crippen LogP contribution < -0.4 is 0 Å². The quantitative estimate of drug-likeness (QED) is 0.725. The largest absolute Gasteiger partial charge is 0.443 e. The number of oxazole rings is 1. The summed E-state index contributed by atoms with van der Waals surface area (Å²) in [5, 5.41) is 0. The summed E-state index contributed by atoms with van der Waals surface area (Å²) < 4.78 is 81.3. The van der Waals surface area contributed by atoms with E-state index in [1.54, 1.807) is 0 Å². The highest BCUT2D eigenvalue weighted by Gasteiger charge is 2.41. The van der Waals surface area contributed by atoms with Crippen LogP contribution in [-0.4, -0.2) is 4.98 Å². The van der Waals surface area contributed by atoms with Crippen LogP contribution in [0.4, 0.5) is 26.3 Å². The molecular weight excluding hydrogens is 276 g/mol. The van der Waals surface area contributed by atoms with E-state index in [1.807, 2.05) is 0 Å². The molecule has 2 rings (SSSR count). The van der Waals surface area contributed by atoms with Crippen molar-refractivity contribution in [3.05, 3.63) is 41.9 Å². The Kier molecular flexibility index (Phi) is 3.03. The molecule has 0 bridgehead atoms. The van der Waals surface area contributed by atoms with Crippen molar-refractivity contribution in [2.75, 3.05) is 0 Å². The van der Waals surface area contributed by atoms with Crippen molar-refractivity contribution in [2.24, 2.45) is 0 Å². The first-order valence-electron chi connectivity index (χ1n) is 4.87. The monoisotopic (exact) mass is 281 g/mol. The summed E-state index contributed by atoms with van der Waals surface area (Å²) in [6, 6.07) is 1.83. The van der Waals surface area contributed by atoms with Gasteiger partial charge in [0.2, 0.25) is 0 Å². The summed E-state index contributed by atoms with van der Waals surface area (Å²) in [5.41, 5.74) is -3.89. The Balaban J connectivity index is 2.78. The number of aromatic nitrogens is 1. The molecule has 0 saturated carbocycles. The summed E-state index contributed by atoms with van der Waals surface area (Å²) in [7, 11) is 0. The molecule has 102 valence electrons. The van der Waals surface area contributed by atoms with Crippen LogP contribution in [0.15, 0.2) is 35.2 Å². The molecule has 0 unspecified atom stereocenters. The lowest BCUT2D eigenvalue weighted by Crippen LogP contribution is -2.13. The Morgan fingerprint density at radius 3 is 1.79 bits per heavy atom. The fourth-order valence-corrected chi connectivity index (χ4v) is 1.63. The molecule has 0 N–H and O–H groups in total. The fraction of sp³-hybridized carbons (Fsp3) is 0.182. The summed E-state index contributed by atoms with van der Waals surface area (Å²) >= 11 is 0. The molecule has 0 fully saturated rings. The molecule has 0 radical (unpaired) electrons. The number of nitrogens with zero attached hydrogens (tertiary/aromatic N) is 1. The molecule has 0 aliphatic rings. The Morgan fingerprint density at radius 1 is 0.895 bits per heavy atom. The molecule has 1 aromatic heterocycles. The first kappa shape index (κ1) is 13.4. The van der Waals surface area contributed by atoms with Crippen LogP contribution >= 0.6 is 0 Å². The van der Waals surface area contributed by atoms with Gasteiger partial charge in [0.25, 0.3) is 0 Å². The zero-order chi connectivity index (χ0) is 14.3. The van der Waals surface area contributed by atoms with Crippen molar-refractivity contribution in [2.45, 2.75) is 12.4 Å². The number of alkyl halides is 6. The van der Waals surface area contributed by atoms with Gasteiger partial charge in [-0.05, 0) is 12.1 Å². The first-order chi connectivity index (χ1) is 8.71. The lowest BCUT2D eigenvalue weighted by molar-refractivity contribution is -0.142. The Hall–Kier alpha value is -1.99. The molecule has 0 aliphatic heterocycles. The van der Waals surface area contributed by atoms with Crippen molar-refractivity contribution < 1.29 is 30.8 Å². The molecule has 0 spiro atoms. The maximum absolute atomic E-state index is 12.8. The highest BCUT2D eigenvalue weighted by molar-refractivity contribution is 5.67. The number of halogens is 6. The van der Waals surface area contributed by atoms with Crippen LogP contribution in [0.2, 0.25) is 0 Å². The number of hydrogen-bond acceptors (Lipinski definition) is 2. The number of rotatable bonds is 1. The molecule has 0 amide bonds. The van der Waals surface area contributed by atoms with Gasteiger partial charge in [-0.25, -0.2) is 4.98 Å². The molecule has 0 atom stereocenters. The third-order valence-corrected chi connectivity index (χ3v) is 2.35. The summed E-state index contributed by atoms with van der Waals surface area (Å²) in [6.45, 7) is 0. The van der Waals surface area contributed by atoms with Crippen LogP contribution in [0.1, 0.15) is 11.1 Å². The summed E-state index contributed by atoms with van der Waals surface area (Å²) in [6.07, 6.45) is -8.28. The fourth-order valence-electron chi connectivity index (χ4n) is 1.63. The second kappa shape index (κ2) is 4.29. The molecule has 0 aliphatic carbocycles. The predicted octanol–water partition coefficient (Wildman–Crippen LogP) is 4.38. The topological polar surface area (TPSA) is 26.0 Å². The standard InChI is InChI=1S/C11H5F6NO/c12-10(13,14)6-2-1-3-7(11(15,16)17)9(6)8-4-18-5-19-8/h1-5H. The van der Waals surface area contributed by atoms with Crippen molar-refractivity contribution in [1.29, 1.82) is 0 Å². The Bertz CT molecular complexity index is 538. The predicted molar refractivity (Wildman–Crippen MR) is 51.9 cm³/mol. The van der Waals surface area contributed by atoms with E-state index in [0.717, 1.165) is 12.6 Å². The molecular formula is C11H5F6NO. The molecule has 2 aromatic rings. The highest BCUT2D eigenvalue weighted by Crippen LogP contribution is 2.44. The van der Waals surface area contributed by atoms with Crippen LogP contribution in [0.5, 0.6) is 0 Å². The van der Waals surface area contributed by atoms with E-state index >= 15 is 0 Å². The zero-order valence-corrected chi connectivity index (χ0v) is 9.01. The maximum atomic E-state index is 12.8. The summed E-state index contributed by atoms with van der Waals surface area (Å²) in [4.78, 5) is 3.34. The normalized spacial score (nSPS) is 12.7. The minimum atomic E-state index is -4.93. The van der Waals surface area contributed by atoms with Gasteiger partial charge >= 0.3 is 12.4 Å². The van der Waals surface area contributed by atoms with E-state index in [9.17, 15) is 26.3 Å². The molecule has 2 nitrogen and oxygen atoms in total. The average Bonchev–Trinajstić information content (AvgIpc) is 2.78. The SMILES string of the molecule is FC(F)(F)c1cccc(C(F)(F)F)c1-c1cnco1. The Labute approximate surface area is 102 Å². The number of benzene rings is 1. The third-order valence-electron chi connectivity index (χ3n) is 2.35. The minimum Gasteiger partial charge on any atom is -0.443 e. The van der Waals surface area contributed by atoms with Crippen LogP contribution in [0, 0.1) is 0 Å². The van der Waals surface area contributed by atoms with E-state index in [2.05, 4.69) is 9.40 Å². The minimum absolute atomic E-state index is 0.563. The van der Waals surface area contributed by atoms with Gasteiger partial charge in [0, 0.05) is 5.56 Å². The van der Waals surface area contributed by atoms with Gasteiger partial charge < -0.3 is 4.42 Å². The van der Waals surface area contributed by atoms with Crippen LogP contribution in [0.3, 0.4) is 0 Å². The lowest BCUT2D eigenvalue weighted by atomic mass is 9.98. The van der Waals surface area contributed by atoms with E-state index in [-0.39, 0.29) is 0 Å². The molecule has 8 heteroatoms. The van der Waals surface area contributed by atoms with Gasteiger partial charge in [-0.2, -0.15) is 26.3 Å². The van der Waals surface area contributed by atoms with Crippen molar-refractivity contribution >= 4 is 0 Å². The number of hydrogen-bond donors (Lipinski definition) is 0. The van der Waals surface area contributed by atoms with Gasteiger partial charge in [0.15, 0.2) is 12.2 Å². The lowest BCUT2D eigenvalue weighted by Gasteiger charge is -2.16. The van der Waals surface area contributed by atoms with Crippen molar-refractivity contribution in [1.82, 2.24) is 4.98 Å². The van der Waals surface area contributed by atoms with Gasteiger partial charge in [-0.3, -0.25) is 0 Å². The van der Waals surface area contributed by atoms with E-state index < -0.39 is 34.8 Å². The van der Waals surface area contributed by atoms with E-state index in [1.165, 1.54) is 0 Å². The van der Waals surface area contributed by atoms with Gasteiger partial charge in [0.1, 0.15) is 0 Å². The van der Waals surface area contributed by atoms with Crippen LogP contribution in [-0.2, 0) is 12.4 Å². The first-order valence-corrected chi connectivity index (χ1v) is 4.87. The van der Waals surface area contributed by atoms with E-state index in [0.29, 0.717) is 18.2 Å². The molecule has 1 aromatic carbocycles. The maximum Gasteiger partial charge on any atom is 0.417 e. The molecule has 0 saturated heterocycles. The zero-order valence-electron chi connectivity index (χ0n) is 9.01. The van der Waals surface area contributed by atoms with Gasteiger partial charge in [-0.15, -0.1) is 0 Å². The smallest absolute Gasteiger partial charge is 0.417 e. The Morgan fingerprint density at radius 2 is 1.42 bits per heavy atom. The second-order valence-corrected chi connectivity index (χ2v) is 3.59. The second-order valence-electron chi connectivity index (χ2n) is 3.59. The third kappa shape index (κ3) is 2.56. The molecule has 1 heterocycles. The van der Waals surface area contributed by atoms with E-state index in [4.69, 9.17) is 0 Å². The summed E-state index contributed by atoms with van der Waals surface area (Å²) in [5.74, 6) is -0.583. The van der Waals surface area contributed by atoms with Gasteiger partial charge in [0.05, 0.1) is 17.3 Å². The van der Waals surface area contributed by atoms with Crippen molar-refractivity contribution in [3.63, 3.8) is 0 Å². The highest BCUT2D eigenvalue weighted by atomic mass is 19.4. The molecule has 19 heavy (non-hydrogen) atoms. The average molecular weight is 281 g/mol.